The number of aromatic nitrogens is 1. The first kappa shape index (κ1) is 19.8. The highest BCUT2D eigenvalue weighted by Crippen LogP contribution is 2.22. The molecule has 1 heterocycles. The van der Waals surface area contributed by atoms with Crippen molar-refractivity contribution >= 4 is 23.0 Å². The van der Waals surface area contributed by atoms with Crippen LogP contribution in [0.1, 0.15) is 44.6 Å². The van der Waals surface area contributed by atoms with Crippen molar-refractivity contribution in [1.82, 2.24) is 9.88 Å². The summed E-state index contributed by atoms with van der Waals surface area (Å²) in [6.07, 6.45) is 0.0924. The highest BCUT2D eigenvalue weighted by molar-refractivity contribution is 5.95. The van der Waals surface area contributed by atoms with E-state index in [0.29, 0.717) is 30.6 Å². The minimum Gasteiger partial charge on any atom is -0.461 e. The lowest BCUT2D eigenvalue weighted by Gasteiger charge is -2.19. The standard InChI is InChI=1S/C19H25FN2O4/c1-5-25-17(23)16-12-13-11-14(20)7-8-15(13)22(16)10-6-9-21-18(24)26-19(2,3)4/h7-8,11-12H,5-6,9-10H2,1-4H3,(H,21,24). The minimum absolute atomic E-state index is 0.259. The highest BCUT2D eigenvalue weighted by atomic mass is 19.1. The molecule has 1 amide bonds. The van der Waals surface area contributed by atoms with Crippen molar-refractivity contribution in [2.45, 2.75) is 46.3 Å². The number of hydrogen-bond acceptors (Lipinski definition) is 4. The van der Waals surface area contributed by atoms with Crippen LogP contribution >= 0.6 is 0 Å². The molecule has 0 aliphatic rings. The molecule has 0 fully saturated rings. The third kappa shape index (κ3) is 5.21. The van der Waals surface area contributed by atoms with E-state index >= 15 is 0 Å². The van der Waals surface area contributed by atoms with Crippen molar-refractivity contribution in [1.29, 1.82) is 0 Å². The van der Waals surface area contributed by atoms with Gasteiger partial charge in [0, 0.05) is 24.0 Å². The van der Waals surface area contributed by atoms with Gasteiger partial charge in [0.25, 0.3) is 0 Å². The molecule has 7 heteroatoms. The summed E-state index contributed by atoms with van der Waals surface area (Å²) in [5, 5.41) is 3.31. The molecule has 0 bridgehead atoms. The molecule has 1 aromatic carbocycles. The molecule has 26 heavy (non-hydrogen) atoms. The van der Waals surface area contributed by atoms with Crippen molar-refractivity contribution in [2.24, 2.45) is 0 Å². The fourth-order valence-corrected chi connectivity index (χ4v) is 2.60. The molecule has 2 rings (SSSR count). The van der Waals surface area contributed by atoms with Crippen LogP contribution in [0.5, 0.6) is 0 Å². The lowest BCUT2D eigenvalue weighted by molar-refractivity contribution is 0.0503. The average Bonchev–Trinajstić information content (AvgIpc) is 2.88. The van der Waals surface area contributed by atoms with Crippen molar-refractivity contribution < 1.29 is 23.5 Å². The number of carbonyl (C=O) groups excluding carboxylic acids is 2. The number of hydrogen-bond donors (Lipinski definition) is 1. The summed E-state index contributed by atoms with van der Waals surface area (Å²) >= 11 is 0. The van der Waals surface area contributed by atoms with Crippen LogP contribution in [0.3, 0.4) is 0 Å². The third-order valence-electron chi connectivity index (χ3n) is 3.57. The normalized spacial score (nSPS) is 11.4. The maximum absolute atomic E-state index is 13.5. The Hall–Kier alpha value is -2.57. The van der Waals surface area contributed by atoms with Gasteiger partial charge in [-0.15, -0.1) is 0 Å². The average molecular weight is 364 g/mol. The molecule has 0 spiro atoms. The Bertz CT molecular complexity index is 793. The number of aryl methyl sites for hydroxylation is 1. The first-order valence-corrected chi connectivity index (χ1v) is 8.64. The maximum atomic E-state index is 13.5. The van der Waals surface area contributed by atoms with E-state index in [0.717, 1.165) is 5.52 Å². The van der Waals surface area contributed by atoms with Gasteiger partial charge in [0.1, 0.15) is 17.1 Å². The summed E-state index contributed by atoms with van der Waals surface area (Å²) in [6, 6.07) is 5.99. The van der Waals surface area contributed by atoms with E-state index in [1.54, 1.807) is 44.4 Å². The number of carbonyl (C=O) groups is 2. The Balaban J connectivity index is 2.08. The number of benzene rings is 1. The van der Waals surface area contributed by atoms with Gasteiger partial charge in [-0.3, -0.25) is 0 Å². The van der Waals surface area contributed by atoms with E-state index in [9.17, 15) is 14.0 Å². The van der Waals surface area contributed by atoms with Gasteiger partial charge in [-0.25, -0.2) is 14.0 Å². The third-order valence-corrected chi connectivity index (χ3v) is 3.57. The zero-order chi connectivity index (χ0) is 19.3. The SMILES string of the molecule is CCOC(=O)c1cc2cc(F)ccc2n1CCCNC(=O)OC(C)(C)C. The molecule has 0 radical (unpaired) electrons. The first-order valence-electron chi connectivity index (χ1n) is 8.64. The number of ether oxygens (including phenoxy) is 2. The number of esters is 1. The van der Waals surface area contributed by atoms with Crippen molar-refractivity contribution in [2.75, 3.05) is 13.2 Å². The molecule has 1 N–H and O–H groups in total. The Kier molecular flexibility index (Phi) is 6.23. The quantitative estimate of drug-likeness (QED) is 0.624. The fourth-order valence-electron chi connectivity index (χ4n) is 2.60. The topological polar surface area (TPSA) is 69.6 Å². The Morgan fingerprint density at radius 1 is 1.23 bits per heavy atom. The zero-order valence-electron chi connectivity index (χ0n) is 15.6. The summed E-state index contributed by atoms with van der Waals surface area (Å²) in [5.41, 5.74) is 0.554. The van der Waals surface area contributed by atoms with Crippen molar-refractivity contribution in [3.63, 3.8) is 0 Å². The molecule has 0 aliphatic carbocycles. The zero-order valence-corrected chi connectivity index (χ0v) is 15.6. The molecule has 6 nitrogen and oxygen atoms in total. The number of nitrogens with one attached hydrogen (secondary N) is 1. The Labute approximate surface area is 152 Å². The van der Waals surface area contributed by atoms with Crippen molar-refractivity contribution in [3.8, 4) is 0 Å². The van der Waals surface area contributed by atoms with E-state index in [-0.39, 0.29) is 12.4 Å². The van der Waals surface area contributed by atoms with Crippen molar-refractivity contribution in [3.05, 3.63) is 35.8 Å². The second-order valence-corrected chi connectivity index (χ2v) is 6.89. The van der Waals surface area contributed by atoms with Crippen LogP contribution in [-0.2, 0) is 16.0 Å². The summed E-state index contributed by atoms with van der Waals surface area (Å²) in [5.74, 6) is -0.819. The summed E-state index contributed by atoms with van der Waals surface area (Å²) in [4.78, 5) is 23.9. The second kappa shape index (κ2) is 8.21. The van der Waals surface area contributed by atoms with Crippen LogP contribution in [0.2, 0.25) is 0 Å². The molecular weight excluding hydrogens is 339 g/mol. The number of rotatable bonds is 6. The summed E-state index contributed by atoms with van der Waals surface area (Å²) < 4.78 is 25.5. The van der Waals surface area contributed by atoms with Crippen LogP contribution in [-0.4, -0.2) is 35.4 Å². The smallest absolute Gasteiger partial charge is 0.407 e. The van der Waals surface area contributed by atoms with Gasteiger partial charge in [0.15, 0.2) is 0 Å². The molecule has 0 atom stereocenters. The second-order valence-electron chi connectivity index (χ2n) is 6.89. The minimum atomic E-state index is -0.554. The predicted octanol–water partition coefficient (Wildman–Crippen LogP) is 3.87. The Morgan fingerprint density at radius 2 is 1.96 bits per heavy atom. The summed E-state index contributed by atoms with van der Waals surface area (Å²) in [7, 11) is 0. The van der Waals surface area contributed by atoms with Gasteiger partial charge >= 0.3 is 12.1 Å². The molecule has 0 saturated heterocycles. The van der Waals surface area contributed by atoms with Crippen LogP contribution in [0, 0.1) is 5.82 Å². The lowest BCUT2D eigenvalue weighted by Crippen LogP contribution is -2.33. The largest absolute Gasteiger partial charge is 0.461 e. The Morgan fingerprint density at radius 3 is 2.62 bits per heavy atom. The summed E-state index contributed by atoms with van der Waals surface area (Å²) in [6.45, 7) is 8.23. The fraction of sp³-hybridized carbons (Fsp3) is 0.474. The molecule has 0 aliphatic heterocycles. The van der Waals surface area contributed by atoms with E-state index in [4.69, 9.17) is 9.47 Å². The molecule has 0 saturated carbocycles. The van der Waals surface area contributed by atoms with E-state index in [1.165, 1.54) is 12.1 Å². The monoisotopic (exact) mass is 364 g/mol. The number of nitrogens with zero attached hydrogens (tertiary/aromatic N) is 1. The van der Waals surface area contributed by atoms with Crippen LogP contribution in [0.25, 0.3) is 10.9 Å². The van der Waals surface area contributed by atoms with Gasteiger partial charge in [0.05, 0.1) is 6.61 Å². The van der Waals surface area contributed by atoms with E-state index in [2.05, 4.69) is 5.32 Å². The number of fused-ring (bicyclic) bond motifs is 1. The van der Waals surface area contributed by atoms with E-state index in [1.807, 2.05) is 0 Å². The number of alkyl carbamates (subject to hydrolysis) is 1. The molecular formula is C19H25FN2O4. The van der Waals surface area contributed by atoms with Crippen LogP contribution in [0.4, 0.5) is 9.18 Å². The lowest BCUT2D eigenvalue weighted by atomic mass is 10.2. The van der Waals surface area contributed by atoms with E-state index < -0.39 is 17.7 Å². The van der Waals surface area contributed by atoms with Gasteiger partial charge in [0.2, 0.25) is 0 Å². The van der Waals surface area contributed by atoms with Gasteiger partial charge in [-0.1, -0.05) is 0 Å². The van der Waals surface area contributed by atoms with Gasteiger partial charge < -0.3 is 19.4 Å². The first-order chi connectivity index (χ1) is 12.2. The molecule has 2 aromatic rings. The molecule has 142 valence electrons. The van der Waals surface area contributed by atoms with Gasteiger partial charge in [-0.2, -0.15) is 0 Å². The number of amides is 1. The van der Waals surface area contributed by atoms with Crippen LogP contribution < -0.4 is 5.32 Å². The predicted molar refractivity (Wildman–Crippen MR) is 96.7 cm³/mol. The van der Waals surface area contributed by atoms with Gasteiger partial charge in [-0.05, 0) is 58.4 Å². The molecule has 1 aromatic heterocycles. The number of halogens is 1. The molecule has 0 unspecified atom stereocenters. The maximum Gasteiger partial charge on any atom is 0.407 e. The highest BCUT2D eigenvalue weighted by Gasteiger charge is 2.18. The van der Waals surface area contributed by atoms with Crippen LogP contribution in [0.15, 0.2) is 24.3 Å².